The number of aromatic nitrogens is 1. The highest BCUT2D eigenvalue weighted by Crippen LogP contribution is 2.29. The van der Waals surface area contributed by atoms with Crippen LogP contribution in [0.15, 0.2) is 54.6 Å². The Morgan fingerprint density at radius 3 is 2.70 bits per heavy atom. The van der Waals surface area contributed by atoms with Gasteiger partial charge >= 0.3 is 0 Å². The van der Waals surface area contributed by atoms with Crippen molar-refractivity contribution >= 4 is 28.9 Å². The molecule has 0 aliphatic heterocycles. The van der Waals surface area contributed by atoms with Crippen molar-refractivity contribution in [3.8, 4) is 10.8 Å². The van der Waals surface area contributed by atoms with Gasteiger partial charge in [-0.2, -0.15) is 0 Å². The fourth-order valence-electron chi connectivity index (χ4n) is 2.32. The number of anilines is 2. The fourth-order valence-corrected chi connectivity index (χ4v) is 3.14. The molecule has 1 amide bonds. The molecule has 0 atom stereocenters. The van der Waals surface area contributed by atoms with Crippen LogP contribution in [-0.4, -0.2) is 29.1 Å². The number of aliphatic hydroxyl groups excluding tert-OH is 1. The molecular weight excluding hydrogens is 364 g/mol. The number of rotatable bonds is 8. The van der Waals surface area contributed by atoms with Gasteiger partial charge in [-0.3, -0.25) is 4.79 Å². The summed E-state index contributed by atoms with van der Waals surface area (Å²) in [6, 6.07) is 16.6. The predicted octanol–water partition coefficient (Wildman–Crippen LogP) is 2.85. The van der Waals surface area contributed by atoms with Gasteiger partial charge in [0.25, 0.3) is 5.91 Å². The Kier molecular flexibility index (Phi) is 6.24. The number of pyridine rings is 1. The lowest BCUT2D eigenvalue weighted by molar-refractivity contribution is 0.0952. The third-order valence-corrected chi connectivity index (χ3v) is 4.57. The summed E-state index contributed by atoms with van der Waals surface area (Å²) < 4.78 is 5.77. The zero-order valence-corrected chi connectivity index (χ0v) is 15.3. The lowest BCUT2D eigenvalue weighted by atomic mass is 10.2. The van der Waals surface area contributed by atoms with Crippen LogP contribution >= 0.6 is 11.3 Å². The summed E-state index contributed by atoms with van der Waals surface area (Å²) in [5, 5.41) is 15.3. The molecule has 2 aromatic heterocycles. The van der Waals surface area contributed by atoms with Gasteiger partial charge in [0, 0.05) is 11.4 Å². The zero-order chi connectivity index (χ0) is 19.1. The second-order valence-corrected chi connectivity index (χ2v) is 6.73. The second-order valence-electron chi connectivity index (χ2n) is 5.60. The number of thiophene rings is 1. The molecule has 0 radical (unpaired) electrons. The van der Waals surface area contributed by atoms with E-state index in [-0.39, 0.29) is 18.3 Å². The minimum absolute atomic E-state index is 0.0133. The molecule has 3 rings (SSSR count). The van der Waals surface area contributed by atoms with E-state index in [1.165, 1.54) is 11.3 Å². The lowest BCUT2D eigenvalue weighted by Crippen LogP contribution is -2.24. The van der Waals surface area contributed by atoms with Crippen LogP contribution in [0, 0.1) is 0 Å². The van der Waals surface area contributed by atoms with Crippen molar-refractivity contribution in [1.82, 2.24) is 10.3 Å². The van der Waals surface area contributed by atoms with Crippen LogP contribution in [-0.2, 0) is 6.54 Å². The molecule has 0 fully saturated rings. The van der Waals surface area contributed by atoms with Crippen LogP contribution in [0.5, 0.6) is 10.8 Å². The first-order valence-electron chi connectivity index (χ1n) is 8.37. The molecule has 27 heavy (non-hydrogen) atoms. The van der Waals surface area contributed by atoms with E-state index in [0.29, 0.717) is 24.5 Å². The number of amides is 1. The molecule has 0 unspecified atom stereocenters. The van der Waals surface area contributed by atoms with Gasteiger partial charge in [0.2, 0.25) is 0 Å². The molecule has 0 saturated heterocycles. The average Bonchev–Trinajstić information content (AvgIpc) is 3.12. The molecule has 1 aromatic carbocycles. The van der Waals surface area contributed by atoms with Crippen LogP contribution in [0.2, 0.25) is 0 Å². The number of para-hydroxylation sites is 1. The highest BCUT2D eigenvalue weighted by atomic mass is 32.1. The maximum Gasteiger partial charge on any atom is 0.255 e. The van der Waals surface area contributed by atoms with Gasteiger partial charge in [0.1, 0.15) is 17.4 Å². The quantitative estimate of drug-likeness (QED) is 0.475. The Hall–Kier alpha value is -3.10. The summed E-state index contributed by atoms with van der Waals surface area (Å²) >= 11 is 1.46. The van der Waals surface area contributed by atoms with Gasteiger partial charge in [-0.05, 0) is 36.4 Å². The van der Waals surface area contributed by atoms with Crippen molar-refractivity contribution in [2.45, 2.75) is 6.54 Å². The van der Waals surface area contributed by atoms with E-state index in [0.717, 1.165) is 15.7 Å². The Morgan fingerprint density at radius 1 is 1.15 bits per heavy atom. The number of hydrogen-bond donors (Lipinski definition) is 4. The van der Waals surface area contributed by atoms with Gasteiger partial charge in [-0.15, -0.1) is 11.3 Å². The number of hydrogen-bond acceptors (Lipinski definition) is 7. The van der Waals surface area contributed by atoms with Crippen LogP contribution < -0.4 is 21.1 Å². The maximum absolute atomic E-state index is 12.3. The van der Waals surface area contributed by atoms with Gasteiger partial charge in [0.15, 0.2) is 5.06 Å². The Balaban J connectivity index is 1.56. The molecule has 0 aliphatic carbocycles. The Morgan fingerprint density at radius 2 is 1.96 bits per heavy atom. The minimum atomic E-state index is -0.298. The average molecular weight is 384 g/mol. The molecule has 0 aliphatic rings. The van der Waals surface area contributed by atoms with E-state index in [1.807, 2.05) is 42.5 Å². The number of nitrogens with one attached hydrogen (secondary N) is 2. The van der Waals surface area contributed by atoms with E-state index in [2.05, 4.69) is 15.6 Å². The van der Waals surface area contributed by atoms with Crippen LogP contribution in [0.25, 0.3) is 0 Å². The van der Waals surface area contributed by atoms with Gasteiger partial charge in [-0.25, -0.2) is 4.98 Å². The summed E-state index contributed by atoms with van der Waals surface area (Å²) in [6.07, 6.45) is 0. The van der Waals surface area contributed by atoms with Crippen molar-refractivity contribution in [3.05, 3.63) is 65.0 Å². The SMILES string of the molecule is Nc1nc(NCCO)ccc1C(=O)NCc1ccc(Oc2ccccc2)s1. The summed E-state index contributed by atoms with van der Waals surface area (Å²) in [4.78, 5) is 17.4. The van der Waals surface area contributed by atoms with E-state index in [1.54, 1.807) is 12.1 Å². The largest absolute Gasteiger partial charge is 0.447 e. The maximum atomic E-state index is 12.3. The van der Waals surface area contributed by atoms with Gasteiger partial charge in [-0.1, -0.05) is 18.2 Å². The predicted molar refractivity (Wildman–Crippen MR) is 106 cm³/mol. The summed E-state index contributed by atoms with van der Waals surface area (Å²) in [6.45, 7) is 0.718. The standard InChI is InChI=1S/C19H20N4O3S/c20-18-15(7-8-16(23-18)21-10-11-24)19(25)22-12-14-6-9-17(27-14)26-13-4-2-1-3-5-13/h1-9,24H,10-12H2,(H,22,25)(H3,20,21,23). The number of nitrogens with zero attached hydrogens (tertiary/aromatic N) is 1. The van der Waals surface area contributed by atoms with E-state index >= 15 is 0 Å². The van der Waals surface area contributed by atoms with Gasteiger partial charge in [0.05, 0.1) is 18.7 Å². The van der Waals surface area contributed by atoms with Crippen molar-refractivity contribution in [2.24, 2.45) is 0 Å². The number of aliphatic hydroxyl groups is 1. The van der Waals surface area contributed by atoms with E-state index < -0.39 is 0 Å². The first-order valence-corrected chi connectivity index (χ1v) is 9.18. The second kappa shape index (κ2) is 9.02. The normalized spacial score (nSPS) is 10.4. The summed E-state index contributed by atoms with van der Waals surface area (Å²) in [5.41, 5.74) is 6.17. The molecule has 0 bridgehead atoms. The number of nitrogen functional groups attached to an aromatic ring is 1. The first kappa shape index (κ1) is 18.7. The van der Waals surface area contributed by atoms with Crippen molar-refractivity contribution < 1.29 is 14.6 Å². The molecule has 5 N–H and O–H groups in total. The molecule has 7 nitrogen and oxygen atoms in total. The fraction of sp³-hybridized carbons (Fsp3) is 0.158. The molecule has 0 saturated carbocycles. The third kappa shape index (κ3) is 5.19. The first-order chi connectivity index (χ1) is 13.2. The van der Waals surface area contributed by atoms with Crippen LogP contribution in [0.1, 0.15) is 15.2 Å². The Labute approximate surface area is 160 Å². The lowest BCUT2D eigenvalue weighted by Gasteiger charge is -2.09. The molecule has 140 valence electrons. The van der Waals surface area contributed by atoms with Crippen molar-refractivity contribution in [3.63, 3.8) is 0 Å². The highest BCUT2D eigenvalue weighted by molar-refractivity contribution is 7.13. The number of ether oxygens (including phenoxy) is 1. The van der Waals surface area contributed by atoms with Crippen LogP contribution in [0.4, 0.5) is 11.6 Å². The zero-order valence-electron chi connectivity index (χ0n) is 14.5. The highest BCUT2D eigenvalue weighted by Gasteiger charge is 2.12. The summed E-state index contributed by atoms with van der Waals surface area (Å²) in [7, 11) is 0. The minimum Gasteiger partial charge on any atom is -0.447 e. The van der Waals surface area contributed by atoms with Crippen LogP contribution in [0.3, 0.4) is 0 Å². The van der Waals surface area contributed by atoms with E-state index in [4.69, 9.17) is 15.6 Å². The third-order valence-electron chi connectivity index (χ3n) is 3.61. The molecule has 3 aromatic rings. The summed E-state index contributed by atoms with van der Waals surface area (Å²) in [5.74, 6) is 1.12. The Bertz CT molecular complexity index is 899. The van der Waals surface area contributed by atoms with E-state index in [9.17, 15) is 4.79 Å². The van der Waals surface area contributed by atoms with Crippen molar-refractivity contribution in [2.75, 3.05) is 24.2 Å². The molecule has 2 heterocycles. The van der Waals surface area contributed by atoms with Crippen molar-refractivity contribution in [1.29, 1.82) is 0 Å². The smallest absolute Gasteiger partial charge is 0.255 e. The monoisotopic (exact) mass is 384 g/mol. The molecular formula is C19H20N4O3S. The number of carbonyl (C=O) groups is 1. The number of benzene rings is 1. The van der Waals surface area contributed by atoms with Gasteiger partial charge < -0.3 is 26.2 Å². The topological polar surface area (TPSA) is 110 Å². The molecule has 0 spiro atoms. The molecule has 8 heteroatoms. The number of nitrogens with two attached hydrogens (primary N) is 1. The number of carbonyl (C=O) groups excluding carboxylic acids is 1.